The van der Waals surface area contributed by atoms with E-state index in [4.69, 9.17) is 0 Å². The summed E-state index contributed by atoms with van der Waals surface area (Å²) in [7, 11) is -0.421. The summed E-state index contributed by atoms with van der Waals surface area (Å²) in [4.78, 5) is 12.0. The number of benzene rings is 2. The van der Waals surface area contributed by atoms with Gasteiger partial charge < -0.3 is 0 Å². The highest BCUT2D eigenvalue weighted by molar-refractivity contribution is 9.10. The molecule has 2 N–H and O–H groups in total. The van der Waals surface area contributed by atoms with Crippen molar-refractivity contribution < 1.29 is 13.2 Å². The fraction of sp³-hybridized carbons (Fsp3) is 0.133. The van der Waals surface area contributed by atoms with Crippen molar-refractivity contribution in [3.63, 3.8) is 0 Å². The third-order valence-electron chi connectivity index (χ3n) is 2.83. The molecule has 2 rings (SSSR count). The zero-order valence-corrected chi connectivity index (χ0v) is 15.0. The Balaban J connectivity index is 2.26. The second kappa shape index (κ2) is 7.12. The van der Waals surface area contributed by atoms with E-state index >= 15 is 0 Å². The molecule has 122 valence electrons. The minimum atomic E-state index is -3.77. The van der Waals surface area contributed by atoms with Crippen molar-refractivity contribution in [1.29, 1.82) is 0 Å². The van der Waals surface area contributed by atoms with Crippen LogP contribution in [-0.2, 0) is 10.0 Å². The molecule has 0 atom stereocenters. The molecule has 1 amide bonds. The van der Waals surface area contributed by atoms with Crippen LogP contribution in [0.15, 0.2) is 57.9 Å². The molecule has 0 spiro atoms. The molecule has 0 aliphatic heterocycles. The topological polar surface area (TPSA) is 78.5 Å². The molecule has 0 aliphatic rings. The molecule has 2 aromatic rings. The number of carbonyl (C=O) groups is 1. The van der Waals surface area contributed by atoms with Gasteiger partial charge in [0.2, 0.25) is 0 Å². The Labute approximate surface area is 143 Å². The highest BCUT2D eigenvalue weighted by Crippen LogP contribution is 2.19. The van der Waals surface area contributed by atoms with Gasteiger partial charge in [-0.1, -0.05) is 22.0 Å². The zero-order valence-electron chi connectivity index (χ0n) is 12.6. The number of amides is 1. The number of sulfonamides is 1. The van der Waals surface area contributed by atoms with Crippen molar-refractivity contribution in [1.82, 2.24) is 10.4 Å². The van der Waals surface area contributed by atoms with Gasteiger partial charge in [0.05, 0.1) is 4.90 Å². The van der Waals surface area contributed by atoms with E-state index in [0.717, 1.165) is 4.47 Å². The van der Waals surface area contributed by atoms with Crippen LogP contribution in [0.2, 0.25) is 0 Å². The lowest BCUT2D eigenvalue weighted by molar-refractivity contribution is 0.0856. The van der Waals surface area contributed by atoms with Crippen LogP contribution in [0, 0.1) is 0 Å². The Bertz CT molecular complexity index is 805. The van der Waals surface area contributed by atoms with E-state index in [1.165, 1.54) is 23.2 Å². The van der Waals surface area contributed by atoms with Gasteiger partial charge in [0, 0.05) is 29.8 Å². The number of anilines is 1. The highest BCUT2D eigenvalue weighted by atomic mass is 79.9. The fourth-order valence-electron chi connectivity index (χ4n) is 1.80. The molecule has 0 radical (unpaired) electrons. The van der Waals surface area contributed by atoms with E-state index in [1.807, 2.05) is 0 Å². The number of halogens is 1. The van der Waals surface area contributed by atoms with Crippen molar-refractivity contribution in [3.8, 4) is 0 Å². The predicted molar refractivity (Wildman–Crippen MR) is 92.5 cm³/mol. The van der Waals surface area contributed by atoms with E-state index in [0.29, 0.717) is 5.69 Å². The van der Waals surface area contributed by atoms with Crippen LogP contribution in [0.3, 0.4) is 0 Å². The fourth-order valence-corrected chi connectivity index (χ4v) is 3.17. The molecule has 0 fully saturated rings. The van der Waals surface area contributed by atoms with E-state index < -0.39 is 10.0 Å². The van der Waals surface area contributed by atoms with Crippen molar-refractivity contribution in [2.45, 2.75) is 4.90 Å². The van der Waals surface area contributed by atoms with E-state index in [9.17, 15) is 13.2 Å². The zero-order chi connectivity index (χ0) is 17.0. The lowest BCUT2D eigenvalue weighted by Crippen LogP contribution is -2.36. The van der Waals surface area contributed by atoms with Gasteiger partial charge >= 0.3 is 0 Å². The van der Waals surface area contributed by atoms with E-state index in [2.05, 4.69) is 26.1 Å². The first-order valence-corrected chi connectivity index (χ1v) is 8.92. The average molecular weight is 398 g/mol. The van der Waals surface area contributed by atoms with Crippen LogP contribution >= 0.6 is 15.9 Å². The number of hydrogen-bond acceptors (Lipinski definition) is 4. The number of rotatable bonds is 5. The number of carbonyl (C=O) groups excluding carboxylic acids is 1. The van der Waals surface area contributed by atoms with Crippen molar-refractivity contribution in [2.75, 3.05) is 18.8 Å². The summed E-state index contributed by atoms with van der Waals surface area (Å²) < 4.78 is 28.2. The van der Waals surface area contributed by atoms with Gasteiger partial charge in [-0.15, -0.1) is 0 Å². The minimum Gasteiger partial charge on any atom is -0.285 e. The van der Waals surface area contributed by atoms with Crippen LogP contribution in [0.1, 0.15) is 10.4 Å². The van der Waals surface area contributed by atoms with Crippen LogP contribution in [0.5, 0.6) is 0 Å². The molecule has 0 aliphatic carbocycles. The number of nitrogens with zero attached hydrogens (tertiary/aromatic N) is 1. The lowest BCUT2D eigenvalue weighted by atomic mass is 10.2. The maximum atomic E-state index is 12.4. The average Bonchev–Trinajstić information content (AvgIpc) is 2.49. The minimum absolute atomic E-state index is 0.0202. The third-order valence-corrected chi connectivity index (χ3v) is 4.74. The van der Waals surface area contributed by atoms with Crippen LogP contribution < -0.4 is 10.1 Å². The Morgan fingerprint density at radius 3 is 2.35 bits per heavy atom. The molecule has 0 saturated carbocycles. The van der Waals surface area contributed by atoms with Gasteiger partial charge in [0.25, 0.3) is 15.9 Å². The molecule has 0 unspecified atom stereocenters. The molecule has 0 heterocycles. The van der Waals surface area contributed by atoms with Crippen LogP contribution in [0.25, 0.3) is 0 Å². The summed E-state index contributed by atoms with van der Waals surface area (Å²) in [6.45, 7) is 0. The SMILES string of the molecule is CN(C)NC(=O)c1cccc(S(=O)(=O)Nc2ccc(Br)cc2)c1. The standard InChI is InChI=1S/C15H16BrN3O3S/c1-19(2)17-15(20)11-4-3-5-14(10-11)23(21,22)18-13-8-6-12(16)7-9-13/h3-10,18H,1-2H3,(H,17,20). The Hall–Kier alpha value is -1.90. The molecule has 2 aromatic carbocycles. The maximum absolute atomic E-state index is 12.4. The number of hydrogen-bond donors (Lipinski definition) is 2. The third kappa shape index (κ3) is 4.78. The molecule has 0 bridgehead atoms. The maximum Gasteiger partial charge on any atom is 0.265 e. The molecule has 0 saturated heterocycles. The van der Waals surface area contributed by atoms with E-state index in [1.54, 1.807) is 44.4 Å². The highest BCUT2D eigenvalue weighted by Gasteiger charge is 2.16. The normalized spacial score (nSPS) is 11.3. The molecule has 0 aromatic heterocycles. The monoisotopic (exact) mass is 397 g/mol. The Morgan fingerprint density at radius 1 is 1.09 bits per heavy atom. The summed E-state index contributed by atoms with van der Waals surface area (Å²) in [5.74, 6) is -0.379. The van der Waals surface area contributed by atoms with Crippen molar-refractivity contribution >= 4 is 37.5 Å². The van der Waals surface area contributed by atoms with Gasteiger partial charge in [-0.05, 0) is 42.5 Å². The second-order valence-electron chi connectivity index (χ2n) is 4.98. The van der Waals surface area contributed by atoms with Gasteiger partial charge in [-0.25, -0.2) is 13.4 Å². The molecule has 23 heavy (non-hydrogen) atoms. The van der Waals surface area contributed by atoms with Gasteiger partial charge in [-0.3, -0.25) is 14.9 Å². The summed E-state index contributed by atoms with van der Waals surface area (Å²) in [5, 5.41) is 1.49. The first kappa shape index (κ1) is 17.5. The lowest BCUT2D eigenvalue weighted by Gasteiger charge is -2.13. The van der Waals surface area contributed by atoms with Crippen LogP contribution in [0.4, 0.5) is 5.69 Å². The Kier molecular flexibility index (Phi) is 5.40. The van der Waals surface area contributed by atoms with E-state index in [-0.39, 0.29) is 16.4 Å². The predicted octanol–water partition coefficient (Wildman–Crippen LogP) is 2.46. The van der Waals surface area contributed by atoms with Crippen molar-refractivity contribution in [2.24, 2.45) is 0 Å². The van der Waals surface area contributed by atoms with Crippen LogP contribution in [-0.4, -0.2) is 33.4 Å². The quantitative estimate of drug-likeness (QED) is 0.759. The molecule has 8 heteroatoms. The Morgan fingerprint density at radius 2 is 1.74 bits per heavy atom. The molecular formula is C15H16BrN3O3S. The smallest absolute Gasteiger partial charge is 0.265 e. The summed E-state index contributed by atoms with van der Waals surface area (Å²) in [6, 6.07) is 12.6. The number of hydrazine groups is 1. The first-order valence-electron chi connectivity index (χ1n) is 6.65. The van der Waals surface area contributed by atoms with Crippen molar-refractivity contribution in [3.05, 3.63) is 58.6 Å². The van der Waals surface area contributed by atoms with Gasteiger partial charge in [0.15, 0.2) is 0 Å². The van der Waals surface area contributed by atoms with Gasteiger partial charge in [-0.2, -0.15) is 0 Å². The summed E-state index contributed by atoms with van der Waals surface area (Å²) in [5.41, 5.74) is 3.27. The molecular weight excluding hydrogens is 382 g/mol. The summed E-state index contributed by atoms with van der Waals surface area (Å²) >= 11 is 3.29. The van der Waals surface area contributed by atoms with Gasteiger partial charge in [0.1, 0.15) is 0 Å². The second-order valence-corrected chi connectivity index (χ2v) is 7.57. The molecule has 6 nitrogen and oxygen atoms in total. The summed E-state index contributed by atoms with van der Waals surface area (Å²) in [6.07, 6.45) is 0. The number of nitrogens with one attached hydrogen (secondary N) is 2. The largest absolute Gasteiger partial charge is 0.285 e. The first-order chi connectivity index (χ1) is 10.8.